The molecule has 1 amide bonds. The zero-order chi connectivity index (χ0) is 17.2. The number of amides is 1. The number of ether oxygens (including phenoxy) is 1. The summed E-state index contributed by atoms with van der Waals surface area (Å²) in [6.07, 6.45) is 2.91. The van der Waals surface area contributed by atoms with Crippen LogP contribution in [0.15, 0.2) is 30.5 Å². The Bertz CT molecular complexity index is 714. The molecule has 0 spiro atoms. The number of carbonyl (C=O) groups excluding carboxylic acids is 1. The minimum absolute atomic E-state index is 0.142. The highest BCUT2D eigenvalue weighted by atomic mass is 16.5. The van der Waals surface area contributed by atoms with Gasteiger partial charge in [0.05, 0.1) is 6.54 Å². The fourth-order valence-electron chi connectivity index (χ4n) is 2.97. The van der Waals surface area contributed by atoms with Crippen LogP contribution in [0.3, 0.4) is 0 Å². The number of rotatable bonds is 4. The van der Waals surface area contributed by atoms with Gasteiger partial charge in [-0.1, -0.05) is 6.07 Å². The highest BCUT2D eigenvalue weighted by Crippen LogP contribution is 2.24. The number of aromatic nitrogens is 2. The number of aryl methyl sites for hydroxylation is 2. The van der Waals surface area contributed by atoms with Crippen LogP contribution in [-0.2, 0) is 0 Å². The number of aliphatic hydroxyl groups is 1. The molecule has 0 radical (unpaired) electrons. The first-order valence-corrected chi connectivity index (χ1v) is 8.18. The molecule has 1 atom stereocenters. The lowest BCUT2D eigenvalue weighted by Gasteiger charge is -2.38. The summed E-state index contributed by atoms with van der Waals surface area (Å²) < 4.78 is 5.79. The molecule has 2 heterocycles. The van der Waals surface area contributed by atoms with E-state index >= 15 is 0 Å². The van der Waals surface area contributed by atoms with Crippen LogP contribution in [0.2, 0.25) is 0 Å². The van der Waals surface area contributed by atoms with Crippen molar-refractivity contribution in [2.75, 3.05) is 19.7 Å². The van der Waals surface area contributed by atoms with Gasteiger partial charge in [-0.2, -0.15) is 5.10 Å². The largest absolute Gasteiger partial charge is 0.491 e. The first-order valence-electron chi connectivity index (χ1n) is 8.18. The van der Waals surface area contributed by atoms with E-state index < -0.39 is 5.60 Å². The second-order valence-electron chi connectivity index (χ2n) is 6.56. The number of hydrogen-bond acceptors (Lipinski definition) is 4. The van der Waals surface area contributed by atoms with Crippen molar-refractivity contribution in [3.05, 3.63) is 47.3 Å². The average Bonchev–Trinajstić information content (AvgIpc) is 3.10. The SMILES string of the molecule is Cc1ccc(OCC2(O)CCCN(C(=O)c3ccn[nH]3)C2)cc1C. The van der Waals surface area contributed by atoms with Crippen molar-refractivity contribution in [1.29, 1.82) is 0 Å². The molecule has 1 saturated heterocycles. The van der Waals surface area contributed by atoms with E-state index in [-0.39, 0.29) is 19.1 Å². The maximum atomic E-state index is 12.4. The number of benzene rings is 1. The van der Waals surface area contributed by atoms with E-state index in [9.17, 15) is 9.90 Å². The van der Waals surface area contributed by atoms with Gasteiger partial charge in [-0.15, -0.1) is 0 Å². The number of carbonyl (C=O) groups is 1. The highest BCUT2D eigenvalue weighted by molar-refractivity contribution is 5.92. The number of piperidine rings is 1. The van der Waals surface area contributed by atoms with Gasteiger partial charge < -0.3 is 14.7 Å². The van der Waals surface area contributed by atoms with E-state index in [1.807, 2.05) is 32.0 Å². The maximum absolute atomic E-state index is 12.4. The number of nitrogens with one attached hydrogen (secondary N) is 1. The Morgan fingerprint density at radius 2 is 2.21 bits per heavy atom. The molecular formula is C18H23N3O3. The molecule has 6 nitrogen and oxygen atoms in total. The second kappa shape index (κ2) is 6.65. The first kappa shape index (κ1) is 16.5. The molecule has 128 valence electrons. The zero-order valence-corrected chi connectivity index (χ0v) is 14.1. The number of β-amino-alcohol motifs (C(OH)–C–C–N with tert-alkyl or cyclic N) is 1. The summed E-state index contributed by atoms with van der Waals surface area (Å²) in [6, 6.07) is 7.52. The topological polar surface area (TPSA) is 78.5 Å². The summed E-state index contributed by atoms with van der Waals surface area (Å²) in [5.41, 5.74) is 1.76. The number of hydrogen-bond donors (Lipinski definition) is 2. The summed E-state index contributed by atoms with van der Waals surface area (Å²) in [5.74, 6) is 0.598. The van der Waals surface area contributed by atoms with Crippen molar-refractivity contribution in [3.63, 3.8) is 0 Å². The van der Waals surface area contributed by atoms with Gasteiger partial charge in [0.25, 0.3) is 5.91 Å². The fraction of sp³-hybridized carbons (Fsp3) is 0.444. The zero-order valence-electron chi connectivity index (χ0n) is 14.1. The smallest absolute Gasteiger partial charge is 0.271 e. The molecule has 1 fully saturated rings. The Hall–Kier alpha value is -2.34. The van der Waals surface area contributed by atoms with Crippen molar-refractivity contribution < 1.29 is 14.6 Å². The molecule has 1 aliphatic rings. The fourth-order valence-corrected chi connectivity index (χ4v) is 2.97. The number of aromatic amines is 1. The Labute approximate surface area is 141 Å². The predicted molar refractivity (Wildman–Crippen MR) is 90.1 cm³/mol. The van der Waals surface area contributed by atoms with Gasteiger partial charge in [-0.3, -0.25) is 9.89 Å². The summed E-state index contributed by atoms with van der Waals surface area (Å²) in [6.45, 7) is 5.14. The number of likely N-dealkylation sites (tertiary alicyclic amines) is 1. The van der Waals surface area contributed by atoms with Crippen LogP contribution >= 0.6 is 0 Å². The standard InChI is InChI=1S/C18H23N3O3/c1-13-4-5-15(10-14(13)2)24-12-18(23)7-3-9-21(11-18)17(22)16-6-8-19-20-16/h4-6,8,10,23H,3,7,9,11-12H2,1-2H3,(H,19,20). The summed E-state index contributed by atoms with van der Waals surface area (Å²) in [7, 11) is 0. The molecule has 3 rings (SSSR count). The molecule has 24 heavy (non-hydrogen) atoms. The minimum atomic E-state index is -1.03. The quantitative estimate of drug-likeness (QED) is 0.900. The Kier molecular flexibility index (Phi) is 4.57. The number of H-pyrrole nitrogens is 1. The number of nitrogens with zero attached hydrogens (tertiary/aromatic N) is 2. The van der Waals surface area contributed by atoms with Gasteiger partial charge in [0, 0.05) is 12.7 Å². The van der Waals surface area contributed by atoms with E-state index in [0.29, 0.717) is 18.7 Å². The summed E-state index contributed by atoms with van der Waals surface area (Å²) in [4.78, 5) is 14.1. The third-order valence-corrected chi connectivity index (χ3v) is 4.56. The molecule has 1 unspecified atom stereocenters. The molecule has 1 aromatic heterocycles. The van der Waals surface area contributed by atoms with Crippen molar-refractivity contribution in [2.24, 2.45) is 0 Å². The Morgan fingerprint density at radius 1 is 1.38 bits per heavy atom. The lowest BCUT2D eigenvalue weighted by molar-refractivity contribution is -0.0533. The van der Waals surface area contributed by atoms with Crippen LogP contribution in [-0.4, -0.2) is 51.4 Å². The van der Waals surface area contributed by atoms with E-state index in [0.717, 1.165) is 17.7 Å². The molecule has 0 bridgehead atoms. The summed E-state index contributed by atoms with van der Waals surface area (Å²) >= 11 is 0. The molecular weight excluding hydrogens is 306 g/mol. The van der Waals surface area contributed by atoms with Crippen molar-refractivity contribution in [1.82, 2.24) is 15.1 Å². The van der Waals surface area contributed by atoms with Gasteiger partial charge >= 0.3 is 0 Å². The third kappa shape index (κ3) is 3.59. The normalized spacial score (nSPS) is 20.9. The van der Waals surface area contributed by atoms with Crippen molar-refractivity contribution in [3.8, 4) is 5.75 Å². The predicted octanol–water partition coefficient (Wildman–Crippen LogP) is 2.07. The van der Waals surface area contributed by atoms with Crippen LogP contribution in [0, 0.1) is 13.8 Å². The van der Waals surface area contributed by atoms with Gasteiger partial charge in [0.1, 0.15) is 23.7 Å². The lowest BCUT2D eigenvalue weighted by atomic mass is 9.93. The van der Waals surface area contributed by atoms with E-state index in [2.05, 4.69) is 10.2 Å². The van der Waals surface area contributed by atoms with E-state index in [1.54, 1.807) is 17.2 Å². The molecule has 1 aromatic carbocycles. The molecule has 6 heteroatoms. The van der Waals surface area contributed by atoms with Crippen LogP contribution < -0.4 is 4.74 Å². The van der Waals surface area contributed by atoms with Gasteiger partial charge in [-0.05, 0) is 56.0 Å². The molecule has 1 aliphatic heterocycles. The Balaban J connectivity index is 1.64. The second-order valence-corrected chi connectivity index (χ2v) is 6.56. The van der Waals surface area contributed by atoms with E-state index in [1.165, 1.54) is 5.56 Å². The monoisotopic (exact) mass is 329 g/mol. The molecule has 2 N–H and O–H groups in total. The average molecular weight is 329 g/mol. The van der Waals surface area contributed by atoms with Crippen molar-refractivity contribution in [2.45, 2.75) is 32.3 Å². The molecule has 0 aliphatic carbocycles. The molecule has 2 aromatic rings. The lowest BCUT2D eigenvalue weighted by Crippen LogP contribution is -2.53. The van der Waals surface area contributed by atoms with Crippen LogP contribution in [0.25, 0.3) is 0 Å². The van der Waals surface area contributed by atoms with Crippen molar-refractivity contribution >= 4 is 5.91 Å². The third-order valence-electron chi connectivity index (χ3n) is 4.56. The van der Waals surface area contributed by atoms with Crippen LogP contribution in [0.1, 0.15) is 34.5 Å². The highest BCUT2D eigenvalue weighted by Gasteiger charge is 2.36. The molecule has 0 saturated carbocycles. The maximum Gasteiger partial charge on any atom is 0.271 e. The minimum Gasteiger partial charge on any atom is -0.491 e. The Morgan fingerprint density at radius 3 is 2.92 bits per heavy atom. The van der Waals surface area contributed by atoms with E-state index in [4.69, 9.17) is 4.74 Å². The first-order chi connectivity index (χ1) is 11.5. The van der Waals surface area contributed by atoms with Gasteiger partial charge in [0.15, 0.2) is 0 Å². The van der Waals surface area contributed by atoms with Gasteiger partial charge in [-0.25, -0.2) is 0 Å². The summed E-state index contributed by atoms with van der Waals surface area (Å²) in [5, 5.41) is 17.3. The van der Waals surface area contributed by atoms with Crippen LogP contribution in [0.4, 0.5) is 0 Å². The van der Waals surface area contributed by atoms with Gasteiger partial charge in [0.2, 0.25) is 0 Å². The van der Waals surface area contributed by atoms with Crippen LogP contribution in [0.5, 0.6) is 5.75 Å².